The highest BCUT2D eigenvalue weighted by Crippen LogP contribution is 2.37. The van der Waals surface area contributed by atoms with Gasteiger partial charge in [-0.3, -0.25) is 9.59 Å². The van der Waals surface area contributed by atoms with Crippen LogP contribution in [0.5, 0.6) is 0 Å². The Morgan fingerprint density at radius 3 is 0.878 bits per heavy atom. The fraction of sp³-hybridized carbons (Fsp3) is 0.833. The monoisotopic (exact) mass is 1130 g/mol. The summed E-state index contributed by atoms with van der Waals surface area (Å²) in [6.45, 7) is 30.2. The van der Waals surface area contributed by atoms with E-state index in [1.807, 2.05) is 88.3 Å². The molecule has 2 N–H and O–H groups in total. The molecule has 0 aliphatic heterocycles. The summed E-state index contributed by atoms with van der Waals surface area (Å²) < 4.78 is 0. The zero-order valence-corrected chi connectivity index (χ0v) is 52.5. The van der Waals surface area contributed by atoms with Crippen LogP contribution in [0.2, 0.25) is 0 Å². The Kier molecular flexibility index (Phi) is 33.5. The van der Waals surface area contributed by atoms with Crippen LogP contribution in [0.4, 0.5) is 0 Å². The Balaban J connectivity index is 0. The highest BCUT2D eigenvalue weighted by molar-refractivity contribution is 5.67. The molecule has 3 saturated carbocycles. The molecule has 0 heterocycles. The number of hydrogen-bond donors (Lipinski definition) is 2. The number of carboxylic acid groups (broad SMARTS) is 2. The first-order chi connectivity index (χ1) is 37.9. The van der Waals surface area contributed by atoms with Gasteiger partial charge < -0.3 is 10.2 Å². The van der Waals surface area contributed by atoms with Crippen LogP contribution >= 0.6 is 0 Å². The van der Waals surface area contributed by atoms with Crippen LogP contribution in [0.3, 0.4) is 0 Å². The number of carbonyl (C=O) groups is 2. The lowest BCUT2D eigenvalue weighted by molar-refractivity contribution is -0.138. The molecule has 450 valence electrons. The van der Waals surface area contributed by atoms with E-state index in [9.17, 15) is 30.6 Å². The van der Waals surface area contributed by atoms with E-state index in [1.165, 1.54) is 33.1 Å². The fourth-order valence-electron chi connectivity index (χ4n) is 8.19. The largest absolute Gasteiger partial charge is 0.481 e. The van der Waals surface area contributed by atoms with Crippen LogP contribution in [0.25, 0.3) is 0 Å². The van der Waals surface area contributed by atoms with Gasteiger partial charge in [0.15, 0.2) is 44.3 Å². The maximum Gasteiger partial charge on any atom is 0.303 e. The normalized spacial score (nSPS) is 20.2. The van der Waals surface area contributed by atoms with Gasteiger partial charge in [-0.05, 0) is 197 Å². The van der Waals surface area contributed by atoms with Gasteiger partial charge in [-0.2, -0.15) is 93.2 Å². The highest BCUT2D eigenvalue weighted by Gasteiger charge is 2.38. The van der Waals surface area contributed by atoms with E-state index >= 15 is 0 Å². The molecule has 22 heteroatoms. The molecule has 0 aromatic carbocycles. The minimum Gasteiger partial charge on any atom is -0.481 e. The summed E-state index contributed by atoms with van der Waals surface area (Å²) >= 11 is 0. The van der Waals surface area contributed by atoms with Crippen molar-refractivity contribution in [2.75, 3.05) is 0 Å². The molecule has 22 nitrogen and oxygen atoms in total. The van der Waals surface area contributed by atoms with Gasteiger partial charge in [-0.25, -0.2) is 0 Å². The summed E-state index contributed by atoms with van der Waals surface area (Å²) in [6, 6.07) is 17.2. The molecule has 3 rings (SSSR count). The van der Waals surface area contributed by atoms with Gasteiger partial charge in [-0.15, -0.1) is 0 Å². The summed E-state index contributed by atoms with van der Waals surface area (Å²) in [6.07, 6.45) is 16.4. The third-order valence-electron chi connectivity index (χ3n) is 13.3. The molecule has 3 aliphatic rings. The van der Waals surface area contributed by atoms with Crippen molar-refractivity contribution in [2.45, 2.75) is 307 Å². The van der Waals surface area contributed by atoms with Crippen molar-refractivity contribution in [3.8, 4) is 48.6 Å². The zero-order valence-electron chi connectivity index (χ0n) is 52.5. The van der Waals surface area contributed by atoms with Crippen molar-refractivity contribution < 1.29 is 19.8 Å². The van der Waals surface area contributed by atoms with Gasteiger partial charge in [0.2, 0.25) is 0 Å². The van der Waals surface area contributed by atoms with E-state index in [1.54, 1.807) is 20.8 Å². The molecule has 0 spiro atoms. The van der Waals surface area contributed by atoms with E-state index in [0.717, 1.165) is 77.0 Å². The topological polar surface area (TPSA) is 389 Å². The van der Waals surface area contributed by atoms with Gasteiger partial charge in [0.05, 0.1) is 59.6 Å². The summed E-state index contributed by atoms with van der Waals surface area (Å²) in [5, 5.41) is 131. The third-order valence-corrected chi connectivity index (χ3v) is 13.3. The summed E-state index contributed by atoms with van der Waals surface area (Å²) in [4.78, 5) is 21.0. The third kappa shape index (κ3) is 32.9. The second-order valence-corrected chi connectivity index (χ2v) is 25.7. The Morgan fingerprint density at radius 1 is 0.402 bits per heavy atom. The average molecular weight is 1130 g/mol. The molecule has 0 aromatic rings. The number of aliphatic carboxylic acids is 2. The van der Waals surface area contributed by atoms with E-state index in [4.69, 9.17) is 31.3 Å². The van der Waals surface area contributed by atoms with Gasteiger partial charge in [0.1, 0.15) is 0 Å². The fourth-order valence-corrected chi connectivity index (χ4v) is 8.19. The number of azo groups is 5. The summed E-state index contributed by atoms with van der Waals surface area (Å²) in [7, 11) is 0. The molecule has 0 radical (unpaired) electrons. The molecular weight excluding hydrogens is 1040 g/mol. The van der Waals surface area contributed by atoms with E-state index in [0.29, 0.717) is 31.1 Å². The molecule has 3 fully saturated rings. The van der Waals surface area contributed by atoms with Crippen molar-refractivity contribution in [3.63, 3.8) is 0 Å². The molecule has 0 saturated heterocycles. The van der Waals surface area contributed by atoms with E-state index < -0.39 is 56.3 Å². The van der Waals surface area contributed by atoms with E-state index in [-0.39, 0.29) is 36.8 Å². The average Bonchev–Trinajstić information content (AvgIpc) is 3.44. The van der Waals surface area contributed by atoms with Crippen LogP contribution in [0.1, 0.15) is 252 Å². The van der Waals surface area contributed by atoms with Crippen LogP contribution in [0.15, 0.2) is 51.1 Å². The maximum absolute atomic E-state index is 10.5. The molecule has 0 bridgehead atoms. The second-order valence-electron chi connectivity index (χ2n) is 25.7. The predicted octanol–water partition coefficient (Wildman–Crippen LogP) is 16.1. The molecular formula is C60H96N18O4. The standard InChI is InChI=1S/C14H20N4.C14H24N4.C12H16N4O4.C11H19N3.C9H17N3/c15-11-13(7-3-1-4-8-13)17-18-14(12-16)9-5-2-6-10-14;1-11(2)7-13(5,9-15)17-18-14(6,10-16)8-12(3)4;1-11(7-13,5-3-9(17)18)15-16-12(2,8-14)6-4-10(19)20;1-10(2,3)13-14-11(9-12)7-5-4-6-8-11;1-6-9(5,7-10)12-11-8(2,3)4/h1-10H2;11-12H,7-8H2,1-6H3;3-6H2,1-2H3,(H,17,18)(H,19,20);4-8H2,1-3H3;6H2,1-5H3. The van der Waals surface area contributed by atoms with Crippen molar-refractivity contribution in [1.82, 2.24) is 0 Å². The van der Waals surface area contributed by atoms with Crippen molar-refractivity contribution in [1.29, 1.82) is 42.1 Å². The molecule has 5 atom stereocenters. The van der Waals surface area contributed by atoms with Gasteiger partial charge in [-0.1, -0.05) is 53.9 Å². The zero-order chi connectivity index (χ0) is 63.6. The van der Waals surface area contributed by atoms with Gasteiger partial charge in [0.25, 0.3) is 0 Å². The molecule has 5 unspecified atom stereocenters. The lowest BCUT2D eigenvalue weighted by Crippen LogP contribution is -2.31. The lowest BCUT2D eigenvalue weighted by atomic mass is 9.82. The number of carboxylic acids is 2. The van der Waals surface area contributed by atoms with Crippen LogP contribution in [0, 0.1) is 102 Å². The first-order valence-electron chi connectivity index (χ1n) is 28.8. The van der Waals surface area contributed by atoms with Crippen molar-refractivity contribution >= 4 is 11.9 Å². The Bertz CT molecular complexity index is 2390. The Labute approximate surface area is 491 Å². The maximum atomic E-state index is 10.5. The molecule has 3 aliphatic carbocycles. The van der Waals surface area contributed by atoms with E-state index in [2.05, 4.69) is 87.6 Å². The Hall–Kier alpha value is -7.14. The SMILES string of the molecule is CC(C#N)(CCC(=O)O)N=NC(C)(C#N)CCC(=O)O.CC(C)(C)N=NC1(C#N)CCCCC1.CC(C)CC(C)(C#N)N=NC(C)(C#N)CC(C)C.CCC(C)(C#N)N=NC(C)(C)C.N#CC1(N=NC2(C#N)CCCCC2)CCCCC1. The molecule has 0 aromatic heterocycles. The predicted molar refractivity (Wildman–Crippen MR) is 311 cm³/mol. The second kappa shape index (κ2) is 35.7. The minimum atomic E-state index is -1.35. The summed E-state index contributed by atoms with van der Waals surface area (Å²) in [5.74, 6) is -1.38. The number of hydrogen-bond acceptors (Lipinski definition) is 20. The first kappa shape index (κ1) is 76.9. The van der Waals surface area contributed by atoms with Crippen molar-refractivity contribution in [3.05, 3.63) is 0 Å². The van der Waals surface area contributed by atoms with Crippen LogP contribution in [-0.4, -0.2) is 77.5 Å². The van der Waals surface area contributed by atoms with Crippen LogP contribution < -0.4 is 0 Å². The summed E-state index contributed by atoms with van der Waals surface area (Å²) in [5.41, 5.74) is -7.14. The van der Waals surface area contributed by atoms with Crippen molar-refractivity contribution in [2.24, 2.45) is 63.0 Å². The number of nitrogens with zero attached hydrogens (tertiary/aromatic N) is 18. The minimum absolute atomic E-state index is 0.0389. The molecule has 0 amide bonds. The van der Waals surface area contributed by atoms with Gasteiger partial charge in [0, 0.05) is 12.8 Å². The quantitative estimate of drug-likeness (QED) is 0.114. The first-order valence-corrected chi connectivity index (χ1v) is 28.8. The smallest absolute Gasteiger partial charge is 0.303 e. The highest BCUT2D eigenvalue weighted by atomic mass is 16.4. The number of rotatable bonds is 19. The number of nitriles is 8. The van der Waals surface area contributed by atoms with Crippen LogP contribution in [-0.2, 0) is 9.59 Å². The van der Waals surface area contributed by atoms with Gasteiger partial charge >= 0.3 is 11.9 Å². The Morgan fingerprint density at radius 2 is 0.659 bits per heavy atom. The molecule has 82 heavy (non-hydrogen) atoms. The lowest BCUT2D eigenvalue weighted by Gasteiger charge is -2.29.